The second-order valence-electron chi connectivity index (χ2n) is 8.19. The first kappa shape index (κ1) is 27.7. The van der Waals surface area contributed by atoms with E-state index in [-0.39, 0.29) is 17.1 Å². The lowest BCUT2D eigenvalue weighted by Gasteiger charge is -2.31. The van der Waals surface area contributed by atoms with Gasteiger partial charge in [-0.05, 0) is 67.9 Å². The number of amides is 2. The summed E-state index contributed by atoms with van der Waals surface area (Å²) in [5, 5.41) is 2.53. The second kappa shape index (κ2) is 12.4. The number of hydrogen-bond donors (Lipinski definition) is 1. The molecule has 0 bridgehead atoms. The highest BCUT2D eigenvalue weighted by Gasteiger charge is 2.32. The molecule has 0 aromatic heterocycles. The van der Waals surface area contributed by atoms with Gasteiger partial charge in [0.15, 0.2) is 0 Å². The molecule has 0 saturated heterocycles. The van der Waals surface area contributed by atoms with Gasteiger partial charge in [-0.2, -0.15) is 0 Å². The molecule has 37 heavy (non-hydrogen) atoms. The fourth-order valence-corrected chi connectivity index (χ4v) is 5.12. The van der Waals surface area contributed by atoms with Crippen LogP contribution in [0.15, 0.2) is 83.8 Å². The largest absolute Gasteiger partial charge is 0.494 e. The standard InChI is InChI=1S/C27H30FN3O5S/c1-4-36-24-14-16-25(17-15-24)37(34,35)31(23-12-10-22(28)11-13-23)19-26(32)30(20(2)27(33)29-3)18-21-8-6-5-7-9-21/h5-17,20H,4,18-19H2,1-3H3,(H,29,33). The summed E-state index contributed by atoms with van der Waals surface area (Å²) in [5.41, 5.74) is 0.880. The predicted octanol–water partition coefficient (Wildman–Crippen LogP) is 3.58. The Morgan fingerprint density at radius 2 is 1.59 bits per heavy atom. The third-order valence-corrected chi connectivity index (χ3v) is 7.51. The van der Waals surface area contributed by atoms with E-state index in [1.165, 1.54) is 48.3 Å². The Hall–Kier alpha value is -3.92. The summed E-state index contributed by atoms with van der Waals surface area (Å²) in [5.74, 6) is -1.04. The Kier molecular flexibility index (Phi) is 9.24. The van der Waals surface area contributed by atoms with E-state index in [1.54, 1.807) is 6.92 Å². The monoisotopic (exact) mass is 527 g/mol. The lowest BCUT2D eigenvalue weighted by Crippen LogP contribution is -2.50. The van der Waals surface area contributed by atoms with E-state index in [2.05, 4.69) is 5.32 Å². The van der Waals surface area contributed by atoms with E-state index in [0.717, 1.165) is 22.0 Å². The van der Waals surface area contributed by atoms with Crippen molar-refractivity contribution in [3.05, 3.63) is 90.2 Å². The first-order valence-corrected chi connectivity index (χ1v) is 13.2. The highest BCUT2D eigenvalue weighted by molar-refractivity contribution is 7.92. The maximum absolute atomic E-state index is 13.7. The fourth-order valence-electron chi connectivity index (χ4n) is 3.71. The molecule has 0 radical (unpaired) electrons. The Labute approximate surface area is 216 Å². The number of likely N-dealkylation sites (N-methyl/N-ethyl adjacent to an activating group) is 1. The van der Waals surface area contributed by atoms with Gasteiger partial charge in [-0.1, -0.05) is 30.3 Å². The molecule has 1 N–H and O–H groups in total. The SMILES string of the molecule is CCOc1ccc(S(=O)(=O)N(CC(=O)N(Cc2ccccc2)C(C)C(=O)NC)c2ccc(F)cc2)cc1. The van der Waals surface area contributed by atoms with Crippen LogP contribution in [0.5, 0.6) is 5.75 Å². The lowest BCUT2D eigenvalue weighted by atomic mass is 10.1. The first-order chi connectivity index (χ1) is 17.7. The van der Waals surface area contributed by atoms with Crippen molar-refractivity contribution < 1.29 is 27.1 Å². The Morgan fingerprint density at radius 3 is 2.16 bits per heavy atom. The molecule has 0 aliphatic rings. The van der Waals surface area contributed by atoms with Crippen molar-refractivity contribution in [3.63, 3.8) is 0 Å². The Morgan fingerprint density at radius 1 is 0.973 bits per heavy atom. The minimum Gasteiger partial charge on any atom is -0.494 e. The summed E-state index contributed by atoms with van der Waals surface area (Å²) in [6.45, 7) is 3.30. The molecule has 0 fully saturated rings. The van der Waals surface area contributed by atoms with Crippen LogP contribution in [0.1, 0.15) is 19.4 Å². The number of halogens is 1. The molecule has 10 heteroatoms. The van der Waals surface area contributed by atoms with Gasteiger partial charge in [0, 0.05) is 13.6 Å². The average molecular weight is 528 g/mol. The van der Waals surface area contributed by atoms with Gasteiger partial charge < -0.3 is 15.0 Å². The van der Waals surface area contributed by atoms with Crippen LogP contribution in [-0.2, 0) is 26.2 Å². The Balaban J connectivity index is 2.00. The van der Waals surface area contributed by atoms with Crippen molar-refractivity contribution in [2.24, 2.45) is 0 Å². The molecular weight excluding hydrogens is 497 g/mol. The molecule has 2 amide bonds. The van der Waals surface area contributed by atoms with Crippen LogP contribution >= 0.6 is 0 Å². The lowest BCUT2D eigenvalue weighted by molar-refractivity contribution is -0.139. The third kappa shape index (κ3) is 6.85. The van der Waals surface area contributed by atoms with Crippen molar-refractivity contribution in [1.29, 1.82) is 0 Å². The van der Waals surface area contributed by atoms with E-state index in [4.69, 9.17) is 4.74 Å². The molecule has 0 saturated carbocycles. The highest BCUT2D eigenvalue weighted by atomic mass is 32.2. The number of anilines is 1. The molecule has 0 aliphatic heterocycles. The number of benzene rings is 3. The smallest absolute Gasteiger partial charge is 0.264 e. The predicted molar refractivity (Wildman–Crippen MR) is 139 cm³/mol. The van der Waals surface area contributed by atoms with Crippen molar-refractivity contribution in [1.82, 2.24) is 10.2 Å². The number of hydrogen-bond acceptors (Lipinski definition) is 5. The van der Waals surface area contributed by atoms with E-state index >= 15 is 0 Å². The van der Waals surface area contributed by atoms with Crippen molar-refractivity contribution >= 4 is 27.5 Å². The number of nitrogens with one attached hydrogen (secondary N) is 1. The molecule has 3 aromatic rings. The first-order valence-electron chi connectivity index (χ1n) is 11.7. The molecule has 3 rings (SSSR count). The zero-order valence-corrected chi connectivity index (χ0v) is 21.7. The number of nitrogens with zero attached hydrogens (tertiary/aromatic N) is 2. The zero-order chi connectivity index (χ0) is 27.0. The summed E-state index contributed by atoms with van der Waals surface area (Å²) in [4.78, 5) is 27.3. The van der Waals surface area contributed by atoms with Gasteiger partial charge in [0.2, 0.25) is 11.8 Å². The van der Waals surface area contributed by atoms with Gasteiger partial charge in [-0.15, -0.1) is 0 Å². The zero-order valence-electron chi connectivity index (χ0n) is 20.9. The topological polar surface area (TPSA) is 96.0 Å². The highest BCUT2D eigenvalue weighted by Crippen LogP contribution is 2.26. The van der Waals surface area contributed by atoms with Crippen LogP contribution in [0.4, 0.5) is 10.1 Å². The van der Waals surface area contributed by atoms with E-state index in [9.17, 15) is 22.4 Å². The summed E-state index contributed by atoms with van der Waals surface area (Å²) in [6, 6.07) is 18.8. The number of sulfonamides is 1. The molecule has 3 aromatic carbocycles. The van der Waals surface area contributed by atoms with Crippen molar-refractivity contribution in [2.75, 3.05) is 24.5 Å². The molecule has 8 nitrogen and oxygen atoms in total. The van der Waals surface area contributed by atoms with Crippen LogP contribution in [0.3, 0.4) is 0 Å². The molecule has 0 heterocycles. The summed E-state index contributed by atoms with van der Waals surface area (Å²) < 4.78 is 47.4. The molecule has 0 spiro atoms. The van der Waals surface area contributed by atoms with Crippen LogP contribution in [0, 0.1) is 5.82 Å². The molecule has 1 atom stereocenters. The fraction of sp³-hybridized carbons (Fsp3) is 0.259. The maximum Gasteiger partial charge on any atom is 0.264 e. The van der Waals surface area contributed by atoms with Gasteiger partial charge >= 0.3 is 0 Å². The van der Waals surface area contributed by atoms with Crippen LogP contribution < -0.4 is 14.4 Å². The van der Waals surface area contributed by atoms with Crippen LogP contribution in [0.2, 0.25) is 0 Å². The van der Waals surface area contributed by atoms with E-state index in [0.29, 0.717) is 12.4 Å². The van der Waals surface area contributed by atoms with Crippen molar-refractivity contribution in [2.45, 2.75) is 31.3 Å². The average Bonchev–Trinajstić information content (AvgIpc) is 2.91. The molecular formula is C27H30FN3O5S. The minimum atomic E-state index is -4.24. The normalized spacial score (nSPS) is 11.9. The molecule has 1 unspecified atom stereocenters. The van der Waals surface area contributed by atoms with Crippen LogP contribution in [0.25, 0.3) is 0 Å². The van der Waals surface area contributed by atoms with E-state index < -0.39 is 40.2 Å². The molecule has 196 valence electrons. The summed E-state index contributed by atoms with van der Waals surface area (Å²) in [7, 11) is -2.78. The van der Waals surface area contributed by atoms with E-state index in [1.807, 2.05) is 37.3 Å². The van der Waals surface area contributed by atoms with Gasteiger partial charge in [0.1, 0.15) is 24.2 Å². The number of rotatable bonds is 11. The van der Waals surface area contributed by atoms with Gasteiger partial charge in [0.25, 0.3) is 10.0 Å². The third-order valence-electron chi connectivity index (χ3n) is 5.73. The molecule has 0 aliphatic carbocycles. The van der Waals surface area contributed by atoms with Gasteiger partial charge in [-0.3, -0.25) is 13.9 Å². The van der Waals surface area contributed by atoms with Gasteiger partial charge in [-0.25, -0.2) is 12.8 Å². The maximum atomic E-state index is 13.7. The number of carbonyl (C=O) groups is 2. The summed E-state index contributed by atoms with van der Waals surface area (Å²) in [6.07, 6.45) is 0. The number of carbonyl (C=O) groups excluding carboxylic acids is 2. The van der Waals surface area contributed by atoms with Crippen molar-refractivity contribution in [3.8, 4) is 5.75 Å². The second-order valence-corrected chi connectivity index (χ2v) is 10.1. The summed E-state index contributed by atoms with van der Waals surface area (Å²) >= 11 is 0. The minimum absolute atomic E-state index is 0.0676. The van der Waals surface area contributed by atoms with Gasteiger partial charge in [0.05, 0.1) is 17.2 Å². The number of ether oxygens (including phenoxy) is 1. The Bertz CT molecular complexity index is 1300. The van der Waals surface area contributed by atoms with Crippen LogP contribution in [-0.4, -0.2) is 51.4 Å². The quantitative estimate of drug-likeness (QED) is 0.411.